The van der Waals surface area contributed by atoms with Gasteiger partial charge in [0.05, 0.1) is 0 Å². The molecule has 0 saturated heterocycles. The zero-order chi connectivity index (χ0) is 14.4. The average Bonchev–Trinajstić information content (AvgIpc) is 2.37. The lowest BCUT2D eigenvalue weighted by molar-refractivity contribution is -0.115. The van der Waals surface area contributed by atoms with E-state index in [0.29, 0.717) is 0 Å². The lowest BCUT2D eigenvalue weighted by Crippen LogP contribution is -2.36. The molecule has 0 aromatic carbocycles. The molecular weight excluding hydrogens is 228 g/mol. The molecule has 0 saturated carbocycles. The minimum absolute atomic E-state index is 0.505. The van der Waals surface area contributed by atoms with Gasteiger partial charge in [-0.15, -0.1) is 0 Å². The highest BCUT2D eigenvalue weighted by molar-refractivity contribution is 5.99. The monoisotopic (exact) mass is 256 g/mol. The standard InChI is InChI=1S/C9H20.C5H8N2O2/c1-4-6-8-9(3)7-5-2;1-3-4(8)7-5(9)6-2/h9H,4-8H2,1-3H3;3H,1H2,2H3,(H2,6,7,8,9)/t9-;/m1./s1. The van der Waals surface area contributed by atoms with E-state index in [1.807, 2.05) is 5.32 Å². The Balaban J connectivity index is 0. The van der Waals surface area contributed by atoms with Crippen molar-refractivity contribution < 1.29 is 9.59 Å². The van der Waals surface area contributed by atoms with Crippen molar-refractivity contribution in [3.8, 4) is 0 Å². The third-order valence-corrected chi connectivity index (χ3v) is 2.48. The Kier molecular flexibility index (Phi) is 14.5. The van der Waals surface area contributed by atoms with Gasteiger partial charge in [0.2, 0.25) is 0 Å². The maximum atomic E-state index is 10.3. The summed E-state index contributed by atoms with van der Waals surface area (Å²) in [5.74, 6) is 0.462. The van der Waals surface area contributed by atoms with Crippen LogP contribution in [0.15, 0.2) is 12.7 Å². The number of imide groups is 1. The summed E-state index contributed by atoms with van der Waals surface area (Å²) in [4.78, 5) is 20.6. The summed E-state index contributed by atoms with van der Waals surface area (Å²) in [5.41, 5.74) is 0. The Morgan fingerprint density at radius 1 is 1.22 bits per heavy atom. The molecule has 0 aromatic heterocycles. The quantitative estimate of drug-likeness (QED) is 0.717. The molecule has 0 fully saturated rings. The van der Waals surface area contributed by atoms with E-state index in [9.17, 15) is 9.59 Å². The van der Waals surface area contributed by atoms with Crippen molar-refractivity contribution in [1.82, 2.24) is 10.6 Å². The second-order valence-electron chi connectivity index (χ2n) is 4.31. The molecule has 0 aliphatic carbocycles. The number of amides is 3. The molecule has 0 spiro atoms. The van der Waals surface area contributed by atoms with Crippen LogP contribution in [-0.2, 0) is 4.79 Å². The first-order chi connectivity index (χ1) is 8.51. The molecule has 4 heteroatoms. The first kappa shape index (κ1) is 19.0. The zero-order valence-electron chi connectivity index (χ0n) is 12.2. The van der Waals surface area contributed by atoms with E-state index >= 15 is 0 Å². The van der Waals surface area contributed by atoms with Crippen LogP contribution in [0.1, 0.15) is 52.9 Å². The Morgan fingerprint density at radius 3 is 2.22 bits per heavy atom. The number of hydrogen-bond acceptors (Lipinski definition) is 2. The van der Waals surface area contributed by atoms with Crippen molar-refractivity contribution in [3.63, 3.8) is 0 Å². The van der Waals surface area contributed by atoms with Crippen molar-refractivity contribution in [2.24, 2.45) is 5.92 Å². The highest BCUT2D eigenvalue weighted by atomic mass is 16.2. The van der Waals surface area contributed by atoms with Crippen LogP contribution in [0.2, 0.25) is 0 Å². The molecule has 0 rings (SSSR count). The van der Waals surface area contributed by atoms with Crippen LogP contribution >= 0.6 is 0 Å². The molecule has 1 atom stereocenters. The summed E-state index contributed by atoms with van der Waals surface area (Å²) >= 11 is 0. The lowest BCUT2D eigenvalue weighted by atomic mass is 10.00. The number of urea groups is 1. The molecule has 4 nitrogen and oxygen atoms in total. The van der Waals surface area contributed by atoms with Crippen LogP contribution < -0.4 is 10.6 Å². The van der Waals surface area contributed by atoms with E-state index in [1.54, 1.807) is 0 Å². The first-order valence-electron chi connectivity index (χ1n) is 6.66. The average molecular weight is 256 g/mol. The van der Waals surface area contributed by atoms with Crippen LogP contribution in [-0.4, -0.2) is 19.0 Å². The Hall–Kier alpha value is -1.32. The summed E-state index contributed by atoms with van der Waals surface area (Å²) in [5, 5.41) is 4.18. The van der Waals surface area contributed by atoms with Crippen LogP contribution in [0, 0.1) is 5.92 Å². The van der Waals surface area contributed by atoms with E-state index in [1.165, 1.54) is 39.2 Å². The van der Waals surface area contributed by atoms with E-state index in [0.717, 1.165) is 12.0 Å². The first-order valence-corrected chi connectivity index (χ1v) is 6.66. The molecule has 0 bridgehead atoms. The minimum atomic E-state index is -0.528. The second kappa shape index (κ2) is 13.7. The third kappa shape index (κ3) is 14.7. The molecule has 2 N–H and O–H groups in total. The number of unbranched alkanes of at least 4 members (excludes halogenated alkanes) is 1. The predicted octanol–water partition coefficient (Wildman–Crippen LogP) is 3.24. The normalized spacial score (nSPS) is 10.7. The van der Waals surface area contributed by atoms with Crippen molar-refractivity contribution in [3.05, 3.63) is 12.7 Å². The van der Waals surface area contributed by atoms with Gasteiger partial charge < -0.3 is 5.32 Å². The van der Waals surface area contributed by atoms with Gasteiger partial charge in [-0.25, -0.2) is 4.79 Å². The van der Waals surface area contributed by atoms with E-state index in [2.05, 4.69) is 32.7 Å². The molecular formula is C14H28N2O2. The molecule has 106 valence electrons. The summed E-state index contributed by atoms with van der Waals surface area (Å²) < 4.78 is 0. The second-order valence-corrected chi connectivity index (χ2v) is 4.31. The number of carbonyl (C=O) groups is 2. The number of nitrogens with one attached hydrogen (secondary N) is 2. The maximum absolute atomic E-state index is 10.3. The van der Waals surface area contributed by atoms with Crippen LogP contribution in [0.3, 0.4) is 0 Å². The van der Waals surface area contributed by atoms with Gasteiger partial charge in [-0.2, -0.15) is 0 Å². The van der Waals surface area contributed by atoms with Crippen molar-refractivity contribution >= 4 is 11.9 Å². The minimum Gasteiger partial charge on any atom is -0.341 e. The fraction of sp³-hybridized carbons (Fsp3) is 0.714. The Morgan fingerprint density at radius 2 is 1.83 bits per heavy atom. The van der Waals surface area contributed by atoms with Crippen LogP contribution in [0.4, 0.5) is 4.79 Å². The van der Waals surface area contributed by atoms with E-state index in [4.69, 9.17) is 0 Å². The van der Waals surface area contributed by atoms with E-state index in [-0.39, 0.29) is 0 Å². The van der Waals surface area contributed by atoms with Crippen molar-refractivity contribution in [1.29, 1.82) is 0 Å². The molecule has 3 amide bonds. The summed E-state index contributed by atoms with van der Waals surface area (Å²) in [6, 6.07) is -0.528. The zero-order valence-corrected chi connectivity index (χ0v) is 12.2. The molecule has 0 aliphatic rings. The highest BCUT2D eigenvalue weighted by Gasteiger charge is 1.98. The lowest BCUT2D eigenvalue weighted by Gasteiger charge is -2.07. The maximum Gasteiger partial charge on any atom is 0.321 e. The number of rotatable bonds is 6. The number of hydrogen-bond donors (Lipinski definition) is 2. The molecule has 0 heterocycles. The molecule has 0 aromatic rings. The third-order valence-electron chi connectivity index (χ3n) is 2.48. The SMILES string of the molecule is C=CC(=O)NC(=O)NC.CCCC[C@H](C)CCC. The van der Waals surface area contributed by atoms with E-state index < -0.39 is 11.9 Å². The molecule has 0 radical (unpaired) electrons. The smallest absolute Gasteiger partial charge is 0.321 e. The van der Waals surface area contributed by atoms with Gasteiger partial charge in [0.1, 0.15) is 0 Å². The van der Waals surface area contributed by atoms with Gasteiger partial charge in [0.25, 0.3) is 5.91 Å². The number of carbonyl (C=O) groups excluding carboxylic acids is 2. The van der Waals surface area contributed by atoms with Crippen molar-refractivity contribution in [2.45, 2.75) is 52.9 Å². The van der Waals surface area contributed by atoms with Gasteiger partial charge in [0, 0.05) is 7.05 Å². The largest absolute Gasteiger partial charge is 0.341 e. The molecule has 18 heavy (non-hydrogen) atoms. The van der Waals surface area contributed by atoms with Gasteiger partial charge >= 0.3 is 6.03 Å². The fourth-order valence-electron chi connectivity index (χ4n) is 1.42. The van der Waals surface area contributed by atoms with Crippen molar-refractivity contribution in [2.75, 3.05) is 7.05 Å². The van der Waals surface area contributed by atoms with Gasteiger partial charge in [-0.05, 0) is 12.0 Å². The van der Waals surface area contributed by atoms with Crippen LogP contribution in [0.5, 0.6) is 0 Å². The Labute approximate surface area is 111 Å². The predicted molar refractivity (Wildman–Crippen MR) is 76.4 cm³/mol. The molecule has 0 unspecified atom stereocenters. The summed E-state index contributed by atoms with van der Waals surface area (Å²) in [6.07, 6.45) is 8.00. The Bertz CT molecular complexity index is 240. The van der Waals surface area contributed by atoms with Crippen LogP contribution in [0.25, 0.3) is 0 Å². The molecule has 0 aliphatic heterocycles. The topological polar surface area (TPSA) is 58.2 Å². The highest BCUT2D eigenvalue weighted by Crippen LogP contribution is 2.12. The van der Waals surface area contributed by atoms with Gasteiger partial charge in [-0.1, -0.05) is 59.5 Å². The summed E-state index contributed by atoms with van der Waals surface area (Å²) in [7, 11) is 1.42. The van der Waals surface area contributed by atoms with Gasteiger partial charge in [-0.3, -0.25) is 10.1 Å². The summed E-state index contributed by atoms with van der Waals surface area (Å²) in [6.45, 7) is 10.0. The fourth-order valence-corrected chi connectivity index (χ4v) is 1.42. The van der Waals surface area contributed by atoms with Gasteiger partial charge in [0.15, 0.2) is 0 Å².